The summed E-state index contributed by atoms with van der Waals surface area (Å²) in [4.78, 5) is 0. The molecule has 4 heteroatoms. The highest BCUT2D eigenvalue weighted by Gasteiger charge is 2.14. The summed E-state index contributed by atoms with van der Waals surface area (Å²) in [5.41, 5.74) is 1.13. The van der Waals surface area contributed by atoms with Crippen molar-refractivity contribution in [1.82, 2.24) is 5.32 Å². The van der Waals surface area contributed by atoms with Crippen LogP contribution in [0.4, 0.5) is 0 Å². The summed E-state index contributed by atoms with van der Waals surface area (Å²) in [6.45, 7) is 2.96. The summed E-state index contributed by atoms with van der Waals surface area (Å²) in [5.74, 6) is 0.933. The summed E-state index contributed by atoms with van der Waals surface area (Å²) < 4.78 is 5.45. The van der Waals surface area contributed by atoms with Crippen LogP contribution in [0.5, 0.6) is 0 Å². The fourth-order valence-corrected chi connectivity index (χ4v) is 2.23. The zero-order valence-corrected chi connectivity index (χ0v) is 11.6. The molecule has 0 spiro atoms. The minimum Gasteiger partial charge on any atom is -0.468 e. The molecule has 18 heavy (non-hydrogen) atoms. The first kappa shape index (κ1) is 13.5. The Labute approximate surface area is 117 Å². The number of hydrogen-bond acceptors (Lipinski definition) is 2. The predicted molar refractivity (Wildman–Crippen MR) is 75.3 cm³/mol. The van der Waals surface area contributed by atoms with Gasteiger partial charge in [0.2, 0.25) is 0 Å². The quantitative estimate of drug-likeness (QED) is 0.875. The van der Waals surface area contributed by atoms with E-state index in [1.165, 1.54) is 0 Å². The third-order valence-corrected chi connectivity index (χ3v) is 3.50. The molecule has 1 heterocycles. The SMILES string of the molecule is CCNC(Cc1ccc(Cl)c(Cl)c1)c1ccco1. The normalized spacial score (nSPS) is 12.6. The standard InChI is InChI=1S/C14H15Cl2NO/c1-2-17-13(14-4-3-7-18-14)9-10-5-6-11(15)12(16)8-10/h3-8,13,17H,2,9H2,1H3. The van der Waals surface area contributed by atoms with Crippen LogP contribution in [0.25, 0.3) is 0 Å². The van der Waals surface area contributed by atoms with E-state index in [9.17, 15) is 0 Å². The molecule has 0 radical (unpaired) electrons. The van der Waals surface area contributed by atoms with Gasteiger partial charge in [-0.1, -0.05) is 36.2 Å². The van der Waals surface area contributed by atoms with Crippen LogP contribution >= 0.6 is 23.2 Å². The van der Waals surface area contributed by atoms with Crippen molar-refractivity contribution in [3.8, 4) is 0 Å². The zero-order valence-electron chi connectivity index (χ0n) is 10.1. The van der Waals surface area contributed by atoms with Gasteiger partial charge in [0.15, 0.2) is 0 Å². The van der Waals surface area contributed by atoms with Crippen molar-refractivity contribution in [2.45, 2.75) is 19.4 Å². The van der Waals surface area contributed by atoms with Crippen molar-refractivity contribution >= 4 is 23.2 Å². The van der Waals surface area contributed by atoms with Gasteiger partial charge < -0.3 is 9.73 Å². The number of benzene rings is 1. The maximum atomic E-state index is 6.02. The Balaban J connectivity index is 2.16. The monoisotopic (exact) mass is 283 g/mol. The smallest absolute Gasteiger partial charge is 0.121 e. The lowest BCUT2D eigenvalue weighted by Gasteiger charge is -2.15. The molecule has 0 fully saturated rings. The average molecular weight is 284 g/mol. The second kappa shape index (κ2) is 6.28. The van der Waals surface area contributed by atoms with Crippen molar-refractivity contribution in [3.63, 3.8) is 0 Å². The van der Waals surface area contributed by atoms with Crippen LogP contribution in [-0.4, -0.2) is 6.54 Å². The Hall–Kier alpha value is -0.960. The number of rotatable bonds is 5. The molecular weight excluding hydrogens is 269 g/mol. The Morgan fingerprint density at radius 3 is 2.67 bits per heavy atom. The Morgan fingerprint density at radius 2 is 2.06 bits per heavy atom. The molecule has 2 nitrogen and oxygen atoms in total. The Bertz CT molecular complexity index is 497. The van der Waals surface area contributed by atoms with Gasteiger partial charge in [-0.25, -0.2) is 0 Å². The molecule has 0 aliphatic rings. The summed E-state index contributed by atoms with van der Waals surface area (Å²) in [6.07, 6.45) is 2.51. The van der Waals surface area contributed by atoms with E-state index in [0.29, 0.717) is 10.0 Å². The highest BCUT2D eigenvalue weighted by molar-refractivity contribution is 6.42. The minimum atomic E-state index is 0.155. The van der Waals surface area contributed by atoms with Crippen LogP contribution < -0.4 is 5.32 Å². The highest BCUT2D eigenvalue weighted by Crippen LogP contribution is 2.25. The highest BCUT2D eigenvalue weighted by atomic mass is 35.5. The van der Waals surface area contributed by atoms with Crippen molar-refractivity contribution in [1.29, 1.82) is 0 Å². The van der Waals surface area contributed by atoms with Gasteiger partial charge in [-0.2, -0.15) is 0 Å². The maximum Gasteiger partial charge on any atom is 0.121 e. The van der Waals surface area contributed by atoms with Crippen LogP contribution in [0.3, 0.4) is 0 Å². The molecule has 2 aromatic rings. The molecular formula is C14H15Cl2NO. The van der Waals surface area contributed by atoms with Gasteiger partial charge >= 0.3 is 0 Å². The van der Waals surface area contributed by atoms with E-state index in [1.807, 2.05) is 30.3 Å². The predicted octanol–water partition coefficient (Wildman–Crippen LogP) is 4.48. The molecule has 0 aliphatic carbocycles. The van der Waals surface area contributed by atoms with E-state index in [1.54, 1.807) is 6.26 Å². The van der Waals surface area contributed by atoms with E-state index < -0.39 is 0 Å². The molecule has 1 atom stereocenters. The lowest BCUT2D eigenvalue weighted by Crippen LogP contribution is -2.22. The van der Waals surface area contributed by atoms with E-state index in [0.717, 1.165) is 24.3 Å². The Morgan fingerprint density at radius 1 is 1.22 bits per heavy atom. The minimum absolute atomic E-state index is 0.155. The fourth-order valence-electron chi connectivity index (χ4n) is 1.91. The topological polar surface area (TPSA) is 25.2 Å². The van der Waals surface area contributed by atoms with E-state index in [2.05, 4.69) is 12.2 Å². The van der Waals surface area contributed by atoms with E-state index in [4.69, 9.17) is 27.6 Å². The van der Waals surface area contributed by atoms with Crippen molar-refractivity contribution in [2.75, 3.05) is 6.54 Å². The third-order valence-electron chi connectivity index (χ3n) is 2.76. The zero-order chi connectivity index (χ0) is 13.0. The molecule has 1 aromatic heterocycles. The van der Waals surface area contributed by atoms with Gasteiger partial charge in [0.05, 0.1) is 22.4 Å². The summed E-state index contributed by atoms with van der Waals surface area (Å²) in [7, 11) is 0. The second-order valence-corrected chi connectivity index (χ2v) is 4.89. The molecule has 0 saturated carbocycles. The third kappa shape index (κ3) is 3.29. The van der Waals surface area contributed by atoms with Gasteiger partial charge in [0.25, 0.3) is 0 Å². The van der Waals surface area contributed by atoms with Crippen LogP contribution in [0, 0.1) is 0 Å². The lowest BCUT2D eigenvalue weighted by atomic mass is 10.0. The molecule has 1 unspecified atom stereocenters. The molecule has 0 aliphatic heterocycles. The van der Waals surface area contributed by atoms with Crippen molar-refractivity contribution < 1.29 is 4.42 Å². The van der Waals surface area contributed by atoms with Crippen LogP contribution in [-0.2, 0) is 6.42 Å². The second-order valence-electron chi connectivity index (χ2n) is 4.08. The molecule has 2 rings (SSSR count). The number of hydrogen-bond donors (Lipinski definition) is 1. The molecule has 1 N–H and O–H groups in total. The molecule has 96 valence electrons. The Kier molecular flexibility index (Phi) is 4.70. The van der Waals surface area contributed by atoms with Crippen LogP contribution in [0.15, 0.2) is 41.0 Å². The van der Waals surface area contributed by atoms with Crippen molar-refractivity contribution in [2.24, 2.45) is 0 Å². The van der Waals surface area contributed by atoms with Gasteiger partial charge in [-0.3, -0.25) is 0 Å². The van der Waals surface area contributed by atoms with Crippen LogP contribution in [0.2, 0.25) is 10.0 Å². The van der Waals surface area contributed by atoms with Gasteiger partial charge in [-0.15, -0.1) is 0 Å². The van der Waals surface area contributed by atoms with E-state index >= 15 is 0 Å². The number of halogens is 2. The molecule has 0 bridgehead atoms. The van der Waals surface area contributed by atoms with Gasteiger partial charge in [0, 0.05) is 0 Å². The van der Waals surface area contributed by atoms with E-state index in [-0.39, 0.29) is 6.04 Å². The first-order valence-electron chi connectivity index (χ1n) is 5.91. The first-order chi connectivity index (χ1) is 8.70. The number of furan rings is 1. The number of likely N-dealkylation sites (N-methyl/N-ethyl adjacent to an activating group) is 1. The average Bonchev–Trinajstić information content (AvgIpc) is 2.87. The van der Waals surface area contributed by atoms with Crippen molar-refractivity contribution in [3.05, 3.63) is 58.0 Å². The van der Waals surface area contributed by atoms with Gasteiger partial charge in [0.1, 0.15) is 5.76 Å². The van der Waals surface area contributed by atoms with Crippen LogP contribution in [0.1, 0.15) is 24.3 Å². The molecule has 1 aromatic carbocycles. The summed E-state index contributed by atoms with van der Waals surface area (Å²) >= 11 is 11.9. The van der Waals surface area contributed by atoms with Gasteiger partial charge in [-0.05, 0) is 42.8 Å². The largest absolute Gasteiger partial charge is 0.468 e. The fraction of sp³-hybridized carbons (Fsp3) is 0.286. The summed E-state index contributed by atoms with van der Waals surface area (Å²) in [6, 6.07) is 9.74. The summed E-state index contributed by atoms with van der Waals surface area (Å²) in [5, 5.41) is 4.57. The molecule has 0 saturated heterocycles. The number of nitrogens with one attached hydrogen (secondary N) is 1. The lowest BCUT2D eigenvalue weighted by molar-refractivity contribution is 0.416. The maximum absolute atomic E-state index is 6.02. The first-order valence-corrected chi connectivity index (χ1v) is 6.67. The molecule has 0 amide bonds.